The fourth-order valence-electron chi connectivity index (χ4n) is 2.50. The molecule has 0 aliphatic rings. The topological polar surface area (TPSA) is 102 Å². The van der Waals surface area contributed by atoms with Crippen LogP contribution in [0.15, 0.2) is 55.0 Å². The lowest BCUT2D eigenvalue weighted by atomic mass is 10.1. The van der Waals surface area contributed by atoms with Crippen LogP contribution in [0.2, 0.25) is 0 Å². The van der Waals surface area contributed by atoms with Crippen LogP contribution < -0.4 is 4.90 Å². The number of hydrogen-bond acceptors (Lipinski definition) is 6. The highest BCUT2D eigenvalue weighted by atomic mass is 16.6. The molecule has 0 saturated heterocycles. The molecule has 130 valence electrons. The molecule has 3 rings (SSSR count). The SMILES string of the molecule is CC(=O)N(c1nccc(-c2cccnc2)n1)c1cc([N+](=O)[O-])ccc1C. The normalized spacial score (nSPS) is 10.4. The van der Waals surface area contributed by atoms with Crippen LogP contribution in [0.5, 0.6) is 0 Å². The molecule has 1 aromatic carbocycles. The number of amides is 1. The molecule has 0 unspecified atom stereocenters. The summed E-state index contributed by atoms with van der Waals surface area (Å²) in [4.78, 5) is 36.8. The maximum Gasteiger partial charge on any atom is 0.271 e. The lowest BCUT2D eigenvalue weighted by molar-refractivity contribution is -0.384. The van der Waals surface area contributed by atoms with E-state index in [9.17, 15) is 14.9 Å². The summed E-state index contributed by atoms with van der Waals surface area (Å²) in [5.41, 5.74) is 2.32. The van der Waals surface area contributed by atoms with Crippen LogP contribution in [0.3, 0.4) is 0 Å². The number of non-ortho nitro benzene ring substituents is 1. The number of nitrogens with zero attached hydrogens (tertiary/aromatic N) is 5. The zero-order chi connectivity index (χ0) is 18.7. The third-order valence-corrected chi connectivity index (χ3v) is 3.76. The molecular formula is C18H15N5O3. The number of nitro benzene ring substituents is 1. The summed E-state index contributed by atoms with van der Waals surface area (Å²) in [5.74, 6) is -0.209. The number of hydrogen-bond donors (Lipinski definition) is 0. The van der Waals surface area contributed by atoms with Gasteiger partial charge in [-0.2, -0.15) is 0 Å². The number of aryl methyl sites for hydroxylation is 1. The minimum atomic E-state index is -0.506. The van der Waals surface area contributed by atoms with Gasteiger partial charge in [0.1, 0.15) is 0 Å². The molecule has 1 amide bonds. The largest absolute Gasteiger partial charge is 0.274 e. The molecule has 2 aromatic heterocycles. The van der Waals surface area contributed by atoms with E-state index in [0.29, 0.717) is 16.9 Å². The van der Waals surface area contributed by atoms with Crippen molar-refractivity contribution in [3.05, 3.63) is 70.7 Å². The Morgan fingerprint density at radius 3 is 2.65 bits per heavy atom. The second-order valence-corrected chi connectivity index (χ2v) is 5.57. The number of carbonyl (C=O) groups excluding carboxylic acids is 1. The molecule has 0 aliphatic heterocycles. The van der Waals surface area contributed by atoms with Gasteiger partial charge in [-0.3, -0.25) is 19.9 Å². The van der Waals surface area contributed by atoms with E-state index in [1.807, 2.05) is 6.07 Å². The standard InChI is InChI=1S/C18H15N5O3/c1-12-5-6-15(23(25)26)10-17(12)22(13(2)24)18-20-9-7-16(21-18)14-4-3-8-19-11-14/h3-11H,1-2H3. The van der Waals surface area contributed by atoms with E-state index in [1.165, 1.54) is 30.2 Å². The van der Waals surface area contributed by atoms with Crippen LogP contribution in [0.25, 0.3) is 11.3 Å². The van der Waals surface area contributed by atoms with Gasteiger partial charge < -0.3 is 0 Å². The van der Waals surface area contributed by atoms with Crippen LogP contribution in [0.1, 0.15) is 12.5 Å². The Bertz CT molecular complexity index is 976. The van der Waals surface area contributed by atoms with Crippen molar-refractivity contribution in [2.24, 2.45) is 0 Å². The lowest BCUT2D eigenvalue weighted by Gasteiger charge is -2.21. The molecule has 3 aromatic rings. The predicted octanol–water partition coefficient (Wildman–Crippen LogP) is 3.44. The quantitative estimate of drug-likeness (QED) is 0.528. The van der Waals surface area contributed by atoms with Crippen LogP contribution in [-0.2, 0) is 4.79 Å². The van der Waals surface area contributed by atoms with E-state index in [2.05, 4.69) is 15.0 Å². The van der Waals surface area contributed by atoms with Gasteiger partial charge >= 0.3 is 0 Å². The van der Waals surface area contributed by atoms with Gasteiger partial charge in [-0.05, 0) is 30.7 Å². The second kappa shape index (κ2) is 7.06. The molecule has 2 heterocycles. The lowest BCUT2D eigenvalue weighted by Crippen LogP contribution is -2.25. The van der Waals surface area contributed by atoms with Crippen LogP contribution in [0.4, 0.5) is 17.3 Å². The third kappa shape index (κ3) is 3.39. The number of aromatic nitrogens is 3. The van der Waals surface area contributed by atoms with Gasteiger partial charge in [0, 0.05) is 43.2 Å². The van der Waals surface area contributed by atoms with Gasteiger partial charge in [0.25, 0.3) is 5.69 Å². The van der Waals surface area contributed by atoms with Crippen LogP contribution >= 0.6 is 0 Å². The highest BCUT2D eigenvalue weighted by Crippen LogP contribution is 2.30. The van der Waals surface area contributed by atoms with Crippen molar-refractivity contribution in [1.82, 2.24) is 15.0 Å². The third-order valence-electron chi connectivity index (χ3n) is 3.76. The first kappa shape index (κ1) is 17.2. The predicted molar refractivity (Wildman–Crippen MR) is 95.9 cm³/mol. The van der Waals surface area contributed by atoms with Gasteiger partial charge in [-0.15, -0.1) is 0 Å². The summed E-state index contributed by atoms with van der Waals surface area (Å²) < 4.78 is 0. The second-order valence-electron chi connectivity index (χ2n) is 5.57. The van der Waals surface area contributed by atoms with Gasteiger partial charge in [-0.1, -0.05) is 6.07 Å². The Labute approximate surface area is 149 Å². The zero-order valence-corrected chi connectivity index (χ0v) is 14.2. The number of carbonyl (C=O) groups is 1. The van der Waals surface area contributed by atoms with Crippen molar-refractivity contribution < 1.29 is 9.72 Å². The molecule has 0 fully saturated rings. The fraction of sp³-hybridized carbons (Fsp3) is 0.111. The first-order valence-electron chi connectivity index (χ1n) is 7.76. The fourth-order valence-corrected chi connectivity index (χ4v) is 2.50. The van der Waals surface area contributed by atoms with Gasteiger partial charge in [-0.25, -0.2) is 14.9 Å². The van der Waals surface area contributed by atoms with E-state index < -0.39 is 4.92 Å². The van der Waals surface area contributed by atoms with Gasteiger partial charge in [0.15, 0.2) is 0 Å². The van der Waals surface area contributed by atoms with Gasteiger partial charge in [0.2, 0.25) is 11.9 Å². The summed E-state index contributed by atoms with van der Waals surface area (Å²) in [6, 6.07) is 9.66. The van der Waals surface area contributed by atoms with Crippen molar-refractivity contribution in [3.63, 3.8) is 0 Å². The van der Waals surface area contributed by atoms with E-state index in [-0.39, 0.29) is 17.5 Å². The number of pyridine rings is 1. The molecule has 26 heavy (non-hydrogen) atoms. The van der Waals surface area contributed by atoms with Crippen LogP contribution in [0, 0.1) is 17.0 Å². The van der Waals surface area contributed by atoms with Gasteiger partial charge in [0.05, 0.1) is 16.3 Å². The number of benzene rings is 1. The molecule has 0 aliphatic carbocycles. The van der Waals surface area contributed by atoms with E-state index in [0.717, 1.165) is 5.56 Å². The summed E-state index contributed by atoms with van der Waals surface area (Å²) in [6.07, 6.45) is 4.84. The highest BCUT2D eigenvalue weighted by Gasteiger charge is 2.22. The van der Waals surface area contributed by atoms with Crippen molar-refractivity contribution in [1.29, 1.82) is 0 Å². The Balaban J connectivity index is 2.12. The number of nitro groups is 1. The van der Waals surface area contributed by atoms with E-state index >= 15 is 0 Å². The maximum atomic E-state index is 12.3. The molecular weight excluding hydrogens is 334 g/mol. The summed E-state index contributed by atoms with van der Waals surface area (Å²) >= 11 is 0. The molecule has 0 atom stereocenters. The average molecular weight is 349 g/mol. The first-order valence-corrected chi connectivity index (χ1v) is 7.76. The molecule has 0 N–H and O–H groups in total. The minimum Gasteiger partial charge on any atom is -0.274 e. The average Bonchev–Trinajstić information content (AvgIpc) is 2.64. The molecule has 0 radical (unpaired) electrons. The Morgan fingerprint density at radius 2 is 2.00 bits per heavy atom. The molecule has 0 spiro atoms. The highest BCUT2D eigenvalue weighted by molar-refractivity contribution is 5.98. The number of rotatable bonds is 4. The molecule has 8 heteroatoms. The van der Waals surface area contributed by atoms with Crippen molar-refractivity contribution in [2.45, 2.75) is 13.8 Å². The minimum absolute atomic E-state index is 0.111. The summed E-state index contributed by atoms with van der Waals surface area (Å²) in [5, 5.41) is 11.1. The monoisotopic (exact) mass is 349 g/mol. The van der Waals surface area contributed by atoms with Crippen molar-refractivity contribution in [2.75, 3.05) is 4.90 Å². The van der Waals surface area contributed by atoms with E-state index in [4.69, 9.17) is 0 Å². The van der Waals surface area contributed by atoms with E-state index in [1.54, 1.807) is 37.5 Å². The molecule has 8 nitrogen and oxygen atoms in total. The maximum absolute atomic E-state index is 12.3. The first-order chi connectivity index (χ1) is 12.5. The van der Waals surface area contributed by atoms with Crippen LogP contribution in [-0.4, -0.2) is 25.8 Å². The molecule has 0 saturated carbocycles. The zero-order valence-electron chi connectivity index (χ0n) is 14.2. The van der Waals surface area contributed by atoms with Crippen molar-refractivity contribution in [3.8, 4) is 11.3 Å². The van der Waals surface area contributed by atoms with Crippen molar-refractivity contribution >= 4 is 23.2 Å². The summed E-state index contributed by atoms with van der Waals surface area (Å²) in [6.45, 7) is 3.12. The molecule has 0 bridgehead atoms. The Hall–Kier alpha value is -3.68. The Morgan fingerprint density at radius 1 is 1.19 bits per heavy atom. The Kier molecular flexibility index (Phi) is 4.66. The summed E-state index contributed by atoms with van der Waals surface area (Å²) in [7, 11) is 0. The smallest absolute Gasteiger partial charge is 0.271 e. The number of anilines is 2.